The predicted molar refractivity (Wildman–Crippen MR) is 133 cm³/mol. The Balaban J connectivity index is 1.71. The van der Waals surface area contributed by atoms with E-state index in [4.69, 9.17) is 4.74 Å². The molecular formula is C26H30N2O7S. The lowest BCUT2D eigenvalue weighted by atomic mass is 9.95. The van der Waals surface area contributed by atoms with Crippen LogP contribution in [0, 0.1) is 0 Å². The number of amides is 1. The SMILES string of the molecule is COCCCN1C(=O)C(=O)/C(=C(/O)c2ccc(S(=O)(=O)N3CCCCC3)cc2)[C@H]1c1ccc(O)cc1. The number of hydrogen-bond acceptors (Lipinski definition) is 7. The van der Waals surface area contributed by atoms with Gasteiger partial charge < -0.3 is 19.8 Å². The second-order valence-corrected chi connectivity index (χ2v) is 10.9. The van der Waals surface area contributed by atoms with Gasteiger partial charge in [0.05, 0.1) is 16.5 Å². The standard InChI is InChI=1S/C26H30N2O7S/c1-35-17-5-16-28-23(18-6-10-20(29)11-7-18)22(25(31)26(28)32)24(30)19-8-12-21(13-9-19)36(33,34)27-14-3-2-4-15-27/h6-13,23,29-30H,2-5,14-17H2,1H3/b24-22+/t23-/m1/s1. The normalized spacial score (nSPS) is 20.7. The molecule has 2 aromatic rings. The van der Waals surface area contributed by atoms with Crippen LogP contribution in [-0.4, -0.2) is 72.9 Å². The van der Waals surface area contributed by atoms with Crippen LogP contribution in [0.2, 0.25) is 0 Å². The number of phenols is 1. The molecule has 36 heavy (non-hydrogen) atoms. The molecule has 2 aromatic carbocycles. The molecule has 0 saturated carbocycles. The largest absolute Gasteiger partial charge is 0.508 e. The van der Waals surface area contributed by atoms with Crippen LogP contribution in [-0.2, 0) is 24.3 Å². The van der Waals surface area contributed by atoms with Crippen molar-refractivity contribution in [1.82, 2.24) is 9.21 Å². The van der Waals surface area contributed by atoms with Gasteiger partial charge in [-0.2, -0.15) is 4.31 Å². The van der Waals surface area contributed by atoms with Gasteiger partial charge >= 0.3 is 0 Å². The molecule has 2 aliphatic heterocycles. The van der Waals surface area contributed by atoms with Crippen molar-refractivity contribution in [1.29, 1.82) is 0 Å². The van der Waals surface area contributed by atoms with Gasteiger partial charge in [0.1, 0.15) is 11.5 Å². The number of piperidine rings is 1. The lowest BCUT2D eigenvalue weighted by molar-refractivity contribution is -0.140. The molecule has 10 heteroatoms. The van der Waals surface area contributed by atoms with Crippen molar-refractivity contribution in [2.45, 2.75) is 36.6 Å². The van der Waals surface area contributed by atoms with Gasteiger partial charge in [0.2, 0.25) is 10.0 Å². The minimum atomic E-state index is -3.65. The zero-order valence-corrected chi connectivity index (χ0v) is 20.9. The van der Waals surface area contributed by atoms with Crippen molar-refractivity contribution in [3.8, 4) is 5.75 Å². The molecule has 0 spiro atoms. The van der Waals surface area contributed by atoms with Crippen LogP contribution in [0.15, 0.2) is 59.0 Å². The molecule has 2 heterocycles. The van der Waals surface area contributed by atoms with Gasteiger partial charge in [-0.1, -0.05) is 18.6 Å². The number of aliphatic hydroxyl groups is 1. The number of carbonyl (C=O) groups is 2. The van der Waals surface area contributed by atoms with Crippen LogP contribution < -0.4 is 0 Å². The van der Waals surface area contributed by atoms with Gasteiger partial charge in [-0.15, -0.1) is 0 Å². The first-order chi connectivity index (χ1) is 17.3. The molecule has 2 fully saturated rings. The number of sulfonamides is 1. The number of phenolic OH excluding ortho intramolecular Hbond substituents is 1. The van der Waals surface area contributed by atoms with Crippen LogP contribution in [0.5, 0.6) is 5.75 Å². The molecule has 9 nitrogen and oxygen atoms in total. The van der Waals surface area contributed by atoms with Gasteiger partial charge in [-0.3, -0.25) is 9.59 Å². The van der Waals surface area contributed by atoms with Crippen LogP contribution in [0.4, 0.5) is 0 Å². The van der Waals surface area contributed by atoms with Gasteiger partial charge in [0, 0.05) is 38.9 Å². The van der Waals surface area contributed by atoms with Crippen molar-refractivity contribution in [2.75, 3.05) is 33.4 Å². The number of benzene rings is 2. The number of likely N-dealkylation sites (tertiary alicyclic amines) is 1. The van der Waals surface area contributed by atoms with Crippen molar-refractivity contribution in [2.24, 2.45) is 0 Å². The van der Waals surface area contributed by atoms with E-state index in [0.717, 1.165) is 19.3 Å². The number of methoxy groups -OCH3 is 1. The fourth-order valence-corrected chi connectivity index (χ4v) is 6.20. The third-order valence-corrected chi connectivity index (χ3v) is 8.49. The van der Waals surface area contributed by atoms with Gasteiger partial charge in [-0.25, -0.2) is 8.42 Å². The maximum Gasteiger partial charge on any atom is 0.295 e. The number of aliphatic hydroxyl groups excluding tert-OH is 1. The minimum Gasteiger partial charge on any atom is -0.508 e. The first-order valence-electron chi connectivity index (χ1n) is 11.9. The number of rotatable bonds is 8. The monoisotopic (exact) mass is 514 g/mol. The second kappa shape index (κ2) is 10.8. The molecule has 2 aliphatic rings. The van der Waals surface area contributed by atoms with E-state index >= 15 is 0 Å². The summed E-state index contributed by atoms with van der Waals surface area (Å²) >= 11 is 0. The number of carbonyl (C=O) groups excluding carboxylic acids is 2. The third kappa shape index (κ3) is 5.02. The smallest absolute Gasteiger partial charge is 0.295 e. The molecule has 0 unspecified atom stereocenters. The van der Waals surface area contributed by atoms with Crippen molar-refractivity contribution in [3.05, 3.63) is 65.2 Å². The summed E-state index contributed by atoms with van der Waals surface area (Å²) in [6.07, 6.45) is 3.13. The van der Waals surface area contributed by atoms with E-state index in [9.17, 15) is 28.2 Å². The lowest BCUT2D eigenvalue weighted by Gasteiger charge is -2.26. The fraction of sp³-hybridized carbons (Fsp3) is 0.385. The maximum absolute atomic E-state index is 13.1. The van der Waals surface area contributed by atoms with Crippen molar-refractivity contribution in [3.63, 3.8) is 0 Å². The molecule has 1 atom stereocenters. The van der Waals surface area contributed by atoms with Gasteiger partial charge in [0.25, 0.3) is 11.7 Å². The van der Waals surface area contributed by atoms with E-state index < -0.39 is 27.8 Å². The Morgan fingerprint density at radius 3 is 2.25 bits per heavy atom. The number of aromatic hydroxyl groups is 1. The fourth-order valence-electron chi connectivity index (χ4n) is 4.69. The Bertz CT molecular complexity index is 1250. The Labute approximate surface area is 210 Å². The first kappa shape index (κ1) is 25.9. The van der Waals surface area contributed by atoms with E-state index in [-0.39, 0.29) is 34.1 Å². The van der Waals surface area contributed by atoms with E-state index in [0.29, 0.717) is 31.7 Å². The Morgan fingerprint density at radius 2 is 1.64 bits per heavy atom. The summed E-state index contributed by atoms with van der Waals surface area (Å²) in [4.78, 5) is 27.5. The summed E-state index contributed by atoms with van der Waals surface area (Å²) in [5, 5.41) is 20.9. The summed E-state index contributed by atoms with van der Waals surface area (Å²) in [5.74, 6) is -1.92. The summed E-state index contributed by atoms with van der Waals surface area (Å²) in [6, 6.07) is 10.9. The summed E-state index contributed by atoms with van der Waals surface area (Å²) < 4.78 is 32.5. The number of Topliss-reactive ketones (excluding diaryl/α,β-unsaturated/α-hetero) is 1. The second-order valence-electron chi connectivity index (χ2n) is 8.92. The predicted octanol–water partition coefficient (Wildman–Crippen LogP) is 3.03. The molecule has 0 radical (unpaired) electrons. The van der Waals surface area contributed by atoms with Crippen LogP contribution >= 0.6 is 0 Å². The van der Waals surface area contributed by atoms with Crippen molar-refractivity contribution < 1.29 is 33.0 Å². The molecule has 0 bridgehead atoms. The third-order valence-electron chi connectivity index (χ3n) is 6.58. The topological polar surface area (TPSA) is 124 Å². The van der Waals surface area contributed by atoms with Crippen LogP contribution in [0.25, 0.3) is 5.76 Å². The summed E-state index contributed by atoms with van der Waals surface area (Å²) in [7, 11) is -2.11. The van der Waals surface area contributed by atoms with E-state index in [2.05, 4.69) is 0 Å². The number of nitrogens with zero attached hydrogens (tertiary/aromatic N) is 2. The molecule has 1 amide bonds. The molecule has 0 aromatic heterocycles. The molecule has 4 rings (SSSR count). The molecular weight excluding hydrogens is 484 g/mol. The molecule has 2 N–H and O–H groups in total. The zero-order valence-electron chi connectivity index (χ0n) is 20.1. The van der Waals surface area contributed by atoms with Gasteiger partial charge in [-0.05, 0) is 61.2 Å². The molecule has 192 valence electrons. The highest BCUT2D eigenvalue weighted by molar-refractivity contribution is 7.89. The highest BCUT2D eigenvalue weighted by Crippen LogP contribution is 2.40. The molecule has 0 aliphatic carbocycles. The average Bonchev–Trinajstić information content (AvgIpc) is 3.14. The van der Waals surface area contributed by atoms with E-state index in [1.165, 1.54) is 45.6 Å². The van der Waals surface area contributed by atoms with E-state index in [1.807, 2.05) is 0 Å². The number of ketones is 1. The van der Waals surface area contributed by atoms with Crippen molar-refractivity contribution >= 4 is 27.5 Å². The highest BCUT2D eigenvalue weighted by Gasteiger charge is 2.45. The molecule has 2 saturated heterocycles. The number of ether oxygens (including phenoxy) is 1. The van der Waals surface area contributed by atoms with Crippen LogP contribution in [0.3, 0.4) is 0 Å². The van der Waals surface area contributed by atoms with E-state index in [1.54, 1.807) is 19.2 Å². The highest BCUT2D eigenvalue weighted by atomic mass is 32.2. The zero-order chi connectivity index (χ0) is 25.9. The quantitative estimate of drug-likeness (QED) is 0.240. The first-order valence-corrected chi connectivity index (χ1v) is 13.4. The Morgan fingerprint density at radius 1 is 1.00 bits per heavy atom. The summed E-state index contributed by atoms with van der Waals surface area (Å²) in [6.45, 7) is 1.57. The lowest BCUT2D eigenvalue weighted by Crippen LogP contribution is -2.35. The Hall–Kier alpha value is -3.21. The maximum atomic E-state index is 13.1. The minimum absolute atomic E-state index is 0.0283. The van der Waals surface area contributed by atoms with Crippen LogP contribution in [0.1, 0.15) is 42.9 Å². The summed E-state index contributed by atoms with van der Waals surface area (Å²) in [5.41, 5.74) is 0.691. The van der Waals surface area contributed by atoms with Gasteiger partial charge in [0.15, 0.2) is 0 Å². The number of hydrogen-bond donors (Lipinski definition) is 2. The average molecular weight is 515 g/mol. The Kier molecular flexibility index (Phi) is 7.77.